The Balaban J connectivity index is 2.14. The Morgan fingerprint density at radius 3 is 2.80 bits per heavy atom. The number of rotatable bonds is 1. The maximum atomic E-state index is 12.0. The third-order valence-corrected chi connectivity index (χ3v) is 2.80. The highest BCUT2D eigenvalue weighted by atomic mass is 79.9. The summed E-state index contributed by atoms with van der Waals surface area (Å²) in [6.45, 7) is 4.98. The summed E-state index contributed by atoms with van der Waals surface area (Å²) in [6.07, 6.45) is 0.778. The van der Waals surface area contributed by atoms with Gasteiger partial charge in [-0.15, -0.1) is 0 Å². The number of nitrogens with zero attached hydrogens (tertiary/aromatic N) is 3. The van der Waals surface area contributed by atoms with E-state index in [1.807, 2.05) is 13.8 Å². The minimum atomic E-state index is -0.506. The third kappa shape index (κ3) is 2.04. The van der Waals surface area contributed by atoms with Crippen LogP contribution in [0.1, 0.15) is 25.2 Å². The molecule has 0 radical (unpaired) electrons. The number of hydrogen-bond donors (Lipinski definition) is 1. The number of amides is 1. The summed E-state index contributed by atoms with van der Waals surface area (Å²) in [5, 5.41) is 10.6. The van der Waals surface area contributed by atoms with Crippen molar-refractivity contribution in [2.75, 3.05) is 6.54 Å². The van der Waals surface area contributed by atoms with E-state index in [4.69, 9.17) is 0 Å². The Bertz CT molecular complexity index is 382. The number of H-pyrrole nitrogens is 1. The molecule has 2 rings (SSSR count). The van der Waals surface area contributed by atoms with Crippen molar-refractivity contribution >= 4 is 21.8 Å². The lowest BCUT2D eigenvalue weighted by atomic mass is 10.1. The van der Waals surface area contributed by atoms with Crippen molar-refractivity contribution in [2.45, 2.75) is 31.1 Å². The normalized spacial score (nSPS) is 16.3. The molecule has 0 saturated carbocycles. The quantitative estimate of drug-likeness (QED) is 0.772. The van der Waals surface area contributed by atoms with Gasteiger partial charge < -0.3 is 4.90 Å². The SMILES string of the molecule is CC(C)(Br)C(=O)N1CCc2n[nH]nc2C1. The van der Waals surface area contributed by atoms with E-state index in [1.165, 1.54) is 0 Å². The van der Waals surface area contributed by atoms with Crippen molar-refractivity contribution in [1.29, 1.82) is 0 Å². The molecule has 0 unspecified atom stereocenters. The first kappa shape index (κ1) is 10.6. The van der Waals surface area contributed by atoms with Crippen molar-refractivity contribution in [3.63, 3.8) is 0 Å². The second kappa shape index (κ2) is 3.59. The van der Waals surface area contributed by atoms with Gasteiger partial charge in [0.15, 0.2) is 0 Å². The molecule has 5 nitrogen and oxygen atoms in total. The third-order valence-electron chi connectivity index (χ3n) is 2.46. The van der Waals surface area contributed by atoms with Crippen LogP contribution in [0.25, 0.3) is 0 Å². The summed E-state index contributed by atoms with van der Waals surface area (Å²) in [5.74, 6) is 0.0937. The Hall–Kier alpha value is -0.910. The van der Waals surface area contributed by atoms with E-state index in [0.29, 0.717) is 13.1 Å². The zero-order valence-corrected chi connectivity index (χ0v) is 10.3. The van der Waals surface area contributed by atoms with Gasteiger partial charge in [-0.05, 0) is 13.8 Å². The summed E-state index contributed by atoms with van der Waals surface area (Å²) in [5.41, 5.74) is 1.86. The molecular weight excluding hydrogens is 260 g/mol. The van der Waals surface area contributed by atoms with Gasteiger partial charge in [0.05, 0.1) is 16.6 Å². The molecule has 1 aliphatic heterocycles. The zero-order chi connectivity index (χ0) is 11.1. The molecule has 15 heavy (non-hydrogen) atoms. The number of carbonyl (C=O) groups excluding carboxylic acids is 1. The smallest absolute Gasteiger partial charge is 0.239 e. The van der Waals surface area contributed by atoms with Gasteiger partial charge in [0.2, 0.25) is 5.91 Å². The van der Waals surface area contributed by atoms with E-state index in [1.54, 1.807) is 4.90 Å². The van der Waals surface area contributed by atoms with Gasteiger partial charge in [-0.3, -0.25) is 4.79 Å². The van der Waals surface area contributed by atoms with Gasteiger partial charge >= 0.3 is 0 Å². The average molecular weight is 273 g/mol. The molecule has 2 heterocycles. The van der Waals surface area contributed by atoms with Crippen LogP contribution in [0.15, 0.2) is 0 Å². The van der Waals surface area contributed by atoms with Crippen molar-refractivity contribution < 1.29 is 4.79 Å². The molecule has 0 saturated heterocycles. The minimum absolute atomic E-state index is 0.0937. The highest BCUT2D eigenvalue weighted by Gasteiger charge is 2.32. The molecule has 0 bridgehead atoms. The fourth-order valence-corrected chi connectivity index (χ4v) is 1.90. The van der Waals surface area contributed by atoms with Crippen molar-refractivity contribution in [1.82, 2.24) is 20.3 Å². The van der Waals surface area contributed by atoms with Crippen LogP contribution in [-0.2, 0) is 17.8 Å². The molecule has 82 valence electrons. The number of fused-ring (bicyclic) bond motifs is 1. The van der Waals surface area contributed by atoms with Crippen LogP contribution in [0.3, 0.4) is 0 Å². The number of aromatic nitrogens is 3. The fraction of sp³-hybridized carbons (Fsp3) is 0.667. The number of hydrogen-bond acceptors (Lipinski definition) is 3. The molecule has 0 fully saturated rings. The molecule has 1 aromatic rings. The van der Waals surface area contributed by atoms with Gasteiger partial charge in [0, 0.05) is 13.0 Å². The summed E-state index contributed by atoms with van der Waals surface area (Å²) in [6, 6.07) is 0. The first-order chi connectivity index (χ1) is 6.98. The number of aromatic amines is 1. The fourth-order valence-electron chi connectivity index (χ4n) is 1.65. The number of nitrogens with one attached hydrogen (secondary N) is 1. The lowest BCUT2D eigenvalue weighted by Gasteiger charge is -2.30. The summed E-state index contributed by atoms with van der Waals surface area (Å²) in [7, 11) is 0. The van der Waals surface area contributed by atoms with E-state index in [0.717, 1.165) is 17.8 Å². The molecule has 0 aromatic carbocycles. The van der Waals surface area contributed by atoms with Crippen LogP contribution in [0, 0.1) is 0 Å². The Kier molecular flexibility index (Phi) is 2.54. The number of alkyl halides is 1. The topological polar surface area (TPSA) is 61.9 Å². The first-order valence-corrected chi connectivity index (χ1v) is 5.64. The molecule has 0 spiro atoms. The van der Waals surface area contributed by atoms with Crippen molar-refractivity contribution in [3.8, 4) is 0 Å². The van der Waals surface area contributed by atoms with Crippen LogP contribution in [0.5, 0.6) is 0 Å². The number of carbonyl (C=O) groups is 1. The predicted octanol–water partition coefficient (Wildman–Crippen LogP) is 0.863. The van der Waals surface area contributed by atoms with E-state index >= 15 is 0 Å². The molecule has 6 heteroatoms. The predicted molar refractivity (Wildman–Crippen MR) is 58.5 cm³/mol. The summed E-state index contributed by atoms with van der Waals surface area (Å²) >= 11 is 3.38. The van der Waals surface area contributed by atoms with Gasteiger partial charge in [-0.25, -0.2) is 0 Å². The maximum Gasteiger partial charge on any atom is 0.239 e. The molecule has 0 aliphatic carbocycles. The second-order valence-corrected chi connectivity index (χ2v) is 6.15. The minimum Gasteiger partial charge on any atom is -0.335 e. The largest absolute Gasteiger partial charge is 0.335 e. The lowest BCUT2D eigenvalue weighted by Crippen LogP contribution is -2.44. The van der Waals surface area contributed by atoms with Gasteiger partial charge in [0.25, 0.3) is 0 Å². The van der Waals surface area contributed by atoms with Crippen molar-refractivity contribution in [3.05, 3.63) is 11.4 Å². The van der Waals surface area contributed by atoms with Gasteiger partial charge in [-0.1, -0.05) is 15.9 Å². The Morgan fingerprint density at radius 1 is 1.47 bits per heavy atom. The van der Waals surface area contributed by atoms with Gasteiger partial charge in [0.1, 0.15) is 5.69 Å². The van der Waals surface area contributed by atoms with Crippen LogP contribution in [-0.4, -0.2) is 37.1 Å². The molecule has 1 aliphatic rings. The monoisotopic (exact) mass is 272 g/mol. The molecular formula is C9H13BrN4O. The zero-order valence-electron chi connectivity index (χ0n) is 8.75. The van der Waals surface area contributed by atoms with Crippen molar-refractivity contribution in [2.24, 2.45) is 0 Å². The standard InChI is InChI=1S/C9H13BrN4O/c1-9(2,10)8(15)14-4-3-6-7(5-14)12-13-11-6/h3-5H2,1-2H3,(H,11,12,13). The molecule has 1 N–H and O–H groups in total. The van der Waals surface area contributed by atoms with E-state index in [9.17, 15) is 4.79 Å². The highest BCUT2D eigenvalue weighted by Crippen LogP contribution is 2.23. The van der Waals surface area contributed by atoms with E-state index in [-0.39, 0.29) is 5.91 Å². The first-order valence-electron chi connectivity index (χ1n) is 4.85. The van der Waals surface area contributed by atoms with Crippen LogP contribution in [0.4, 0.5) is 0 Å². The van der Waals surface area contributed by atoms with Crippen LogP contribution < -0.4 is 0 Å². The molecule has 1 amide bonds. The maximum absolute atomic E-state index is 12.0. The van der Waals surface area contributed by atoms with E-state index < -0.39 is 4.32 Å². The summed E-state index contributed by atoms with van der Waals surface area (Å²) in [4.78, 5) is 13.8. The number of halogens is 1. The van der Waals surface area contributed by atoms with Gasteiger partial charge in [-0.2, -0.15) is 15.4 Å². The Morgan fingerprint density at radius 2 is 2.13 bits per heavy atom. The lowest BCUT2D eigenvalue weighted by molar-refractivity contribution is -0.133. The van der Waals surface area contributed by atoms with Crippen LogP contribution >= 0.6 is 15.9 Å². The second-order valence-electron chi connectivity index (χ2n) is 4.17. The van der Waals surface area contributed by atoms with Crippen LogP contribution in [0.2, 0.25) is 0 Å². The summed E-state index contributed by atoms with van der Waals surface area (Å²) < 4.78 is -0.506. The Labute approximate surface area is 96.4 Å². The average Bonchev–Trinajstić information content (AvgIpc) is 2.61. The molecule has 1 aromatic heterocycles. The highest BCUT2D eigenvalue weighted by molar-refractivity contribution is 9.10. The molecule has 0 atom stereocenters. The van der Waals surface area contributed by atoms with E-state index in [2.05, 4.69) is 31.3 Å².